The van der Waals surface area contributed by atoms with Gasteiger partial charge in [-0.05, 0) is 30.4 Å². The maximum atomic E-state index is 13.8. The van der Waals surface area contributed by atoms with Gasteiger partial charge in [0, 0.05) is 19.3 Å². The van der Waals surface area contributed by atoms with Gasteiger partial charge < -0.3 is 15.7 Å². The van der Waals surface area contributed by atoms with Crippen molar-refractivity contribution in [3.63, 3.8) is 0 Å². The number of benzene rings is 1. The fourth-order valence-corrected chi connectivity index (χ4v) is 2.16. The lowest BCUT2D eigenvalue weighted by atomic mass is 10.1. The Morgan fingerprint density at radius 3 is 2.72 bits per heavy atom. The first-order chi connectivity index (χ1) is 8.40. The normalized spacial score (nSPS) is 21.7. The zero-order chi connectivity index (χ0) is 13.4. The van der Waals surface area contributed by atoms with Crippen molar-refractivity contribution >= 4 is 17.3 Å². The minimum atomic E-state index is -1.14. The summed E-state index contributed by atoms with van der Waals surface area (Å²) in [5, 5.41) is 8.98. The van der Waals surface area contributed by atoms with E-state index in [-0.39, 0.29) is 11.3 Å². The highest BCUT2D eigenvalue weighted by Crippen LogP contribution is 2.39. The molecule has 0 spiro atoms. The molecule has 0 aromatic heterocycles. The van der Waals surface area contributed by atoms with Crippen molar-refractivity contribution in [2.24, 2.45) is 11.8 Å². The van der Waals surface area contributed by atoms with Crippen molar-refractivity contribution in [1.29, 1.82) is 0 Å². The smallest absolute Gasteiger partial charge is 0.337 e. The highest BCUT2D eigenvalue weighted by Gasteiger charge is 2.33. The molecule has 0 bridgehead atoms. The van der Waals surface area contributed by atoms with E-state index >= 15 is 0 Å². The average molecular weight is 252 g/mol. The van der Waals surface area contributed by atoms with Crippen LogP contribution in [0.2, 0.25) is 0 Å². The van der Waals surface area contributed by atoms with Gasteiger partial charge in [-0.1, -0.05) is 6.92 Å². The van der Waals surface area contributed by atoms with Gasteiger partial charge in [-0.3, -0.25) is 0 Å². The van der Waals surface area contributed by atoms with Gasteiger partial charge in [0.25, 0.3) is 0 Å². The van der Waals surface area contributed by atoms with E-state index in [1.807, 2.05) is 0 Å². The molecule has 1 aliphatic rings. The van der Waals surface area contributed by atoms with Gasteiger partial charge in [0.2, 0.25) is 0 Å². The number of hydrogen-bond donors (Lipinski definition) is 2. The second-order valence-corrected chi connectivity index (χ2v) is 5.05. The van der Waals surface area contributed by atoms with E-state index in [2.05, 4.69) is 6.92 Å². The first-order valence-electron chi connectivity index (χ1n) is 5.93. The average Bonchev–Trinajstić information content (AvgIpc) is 2.93. The molecule has 1 fully saturated rings. The Morgan fingerprint density at radius 1 is 1.61 bits per heavy atom. The molecule has 0 amide bonds. The zero-order valence-corrected chi connectivity index (χ0v) is 10.5. The van der Waals surface area contributed by atoms with Crippen molar-refractivity contribution in [3.8, 4) is 0 Å². The van der Waals surface area contributed by atoms with Gasteiger partial charge in [0.1, 0.15) is 5.82 Å². The summed E-state index contributed by atoms with van der Waals surface area (Å²) in [6.45, 7) is 2.89. The SMILES string of the molecule is CC1CC1CN(C)c1cc(C(=O)O)c(N)cc1F. The summed E-state index contributed by atoms with van der Waals surface area (Å²) >= 11 is 0. The van der Waals surface area contributed by atoms with Crippen LogP contribution >= 0.6 is 0 Å². The summed E-state index contributed by atoms with van der Waals surface area (Å²) in [7, 11) is 1.77. The topological polar surface area (TPSA) is 66.6 Å². The van der Waals surface area contributed by atoms with Crippen LogP contribution in [0.3, 0.4) is 0 Å². The molecular weight excluding hydrogens is 235 g/mol. The Labute approximate surface area is 105 Å². The van der Waals surface area contributed by atoms with Crippen molar-refractivity contribution in [2.75, 3.05) is 24.2 Å². The maximum absolute atomic E-state index is 13.8. The van der Waals surface area contributed by atoms with Gasteiger partial charge in [-0.25, -0.2) is 9.18 Å². The second kappa shape index (κ2) is 4.48. The van der Waals surface area contributed by atoms with Crippen molar-refractivity contribution < 1.29 is 14.3 Å². The van der Waals surface area contributed by atoms with Crippen molar-refractivity contribution in [1.82, 2.24) is 0 Å². The molecule has 1 saturated carbocycles. The molecule has 2 unspecified atom stereocenters. The molecule has 1 aromatic rings. The number of carboxylic acids is 1. The highest BCUT2D eigenvalue weighted by molar-refractivity contribution is 5.95. The van der Waals surface area contributed by atoms with E-state index in [0.29, 0.717) is 17.5 Å². The minimum Gasteiger partial charge on any atom is -0.478 e. The van der Waals surface area contributed by atoms with Crippen LogP contribution in [-0.4, -0.2) is 24.7 Å². The summed E-state index contributed by atoms with van der Waals surface area (Å²) in [4.78, 5) is 12.7. The minimum absolute atomic E-state index is 0.0445. The van der Waals surface area contributed by atoms with Gasteiger partial charge in [0.15, 0.2) is 0 Å². The summed E-state index contributed by atoms with van der Waals surface area (Å²) in [6.07, 6.45) is 1.15. The Hall–Kier alpha value is -1.78. The third kappa shape index (κ3) is 2.39. The molecule has 0 heterocycles. The quantitative estimate of drug-likeness (QED) is 0.806. The lowest BCUT2D eigenvalue weighted by Gasteiger charge is -2.21. The van der Waals surface area contributed by atoms with Crippen molar-refractivity contribution in [2.45, 2.75) is 13.3 Å². The van der Waals surface area contributed by atoms with Crippen LogP contribution in [0.1, 0.15) is 23.7 Å². The Kier molecular flexibility index (Phi) is 3.15. The molecular formula is C13H17FN2O2. The Morgan fingerprint density at radius 2 is 2.22 bits per heavy atom. The molecule has 1 aromatic carbocycles. The number of halogens is 1. The predicted molar refractivity (Wildman–Crippen MR) is 68.3 cm³/mol. The number of nitrogens with zero attached hydrogens (tertiary/aromatic N) is 1. The molecule has 1 aliphatic carbocycles. The van der Waals surface area contributed by atoms with E-state index in [0.717, 1.165) is 19.0 Å². The lowest BCUT2D eigenvalue weighted by molar-refractivity contribution is 0.0698. The van der Waals surface area contributed by atoms with E-state index in [4.69, 9.17) is 10.8 Å². The first-order valence-corrected chi connectivity index (χ1v) is 5.93. The van der Waals surface area contributed by atoms with Gasteiger partial charge in [-0.15, -0.1) is 0 Å². The molecule has 2 atom stereocenters. The predicted octanol–water partition coefficient (Wildman–Crippen LogP) is 2.20. The second-order valence-electron chi connectivity index (χ2n) is 5.05. The van der Waals surface area contributed by atoms with Crippen LogP contribution in [0, 0.1) is 17.7 Å². The van der Waals surface area contributed by atoms with Crippen LogP contribution in [0.25, 0.3) is 0 Å². The standard InChI is InChI=1S/C13H17FN2O2/c1-7-3-8(7)6-16(2)12-4-9(13(17)18)11(15)5-10(12)14/h4-5,7-8H,3,6,15H2,1-2H3,(H,17,18). The van der Waals surface area contributed by atoms with Crippen molar-refractivity contribution in [3.05, 3.63) is 23.5 Å². The molecule has 2 rings (SSSR count). The van der Waals surface area contributed by atoms with Crippen LogP contribution in [-0.2, 0) is 0 Å². The van der Waals surface area contributed by atoms with E-state index in [9.17, 15) is 9.18 Å². The zero-order valence-electron chi connectivity index (χ0n) is 10.5. The Balaban J connectivity index is 2.25. The number of rotatable bonds is 4. The number of anilines is 2. The molecule has 4 nitrogen and oxygen atoms in total. The lowest BCUT2D eigenvalue weighted by Crippen LogP contribution is -2.22. The number of hydrogen-bond acceptors (Lipinski definition) is 3. The number of nitrogen functional groups attached to an aromatic ring is 1. The summed E-state index contributed by atoms with van der Waals surface area (Å²) in [5.41, 5.74) is 5.68. The maximum Gasteiger partial charge on any atom is 0.337 e. The molecule has 98 valence electrons. The molecule has 0 aliphatic heterocycles. The fraction of sp³-hybridized carbons (Fsp3) is 0.462. The van der Waals surface area contributed by atoms with Gasteiger partial charge in [-0.2, -0.15) is 0 Å². The summed E-state index contributed by atoms with van der Waals surface area (Å²) < 4.78 is 13.8. The first kappa shape index (κ1) is 12.7. The molecule has 5 heteroatoms. The molecule has 0 radical (unpaired) electrons. The fourth-order valence-electron chi connectivity index (χ4n) is 2.16. The van der Waals surface area contributed by atoms with Crippen LogP contribution < -0.4 is 10.6 Å². The van der Waals surface area contributed by atoms with Gasteiger partial charge in [0.05, 0.1) is 11.3 Å². The third-order valence-electron chi connectivity index (χ3n) is 3.55. The molecule has 0 saturated heterocycles. The Bertz CT molecular complexity index is 490. The van der Waals surface area contributed by atoms with E-state index in [1.54, 1.807) is 11.9 Å². The summed E-state index contributed by atoms with van der Waals surface area (Å²) in [6, 6.07) is 2.38. The van der Waals surface area contributed by atoms with E-state index in [1.165, 1.54) is 6.07 Å². The monoisotopic (exact) mass is 252 g/mol. The highest BCUT2D eigenvalue weighted by atomic mass is 19.1. The number of nitrogens with two attached hydrogens (primary N) is 1. The van der Waals surface area contributed by atoms with Crippen LogP contribution in [0.15, 0.2) is 12.1 Å². The van der Waals surface area contributed by atoms with Crippen LogP contribution in [0.5, 0.6) is 0 Å². The largest absolute Gasteiger partial charge is 0.478 e. The van der Waals surface area contributed by atoms with Gasteiger partial charge >= 0.3 is 5.97 Å². The number of carbonyl (C=O) groups is 1. The molecule has 3 N–H and O–H groups in total. The van der Waals surface area contributed by atoms with Crippen LogP contribution in [0.4, 0.5) is 15.8 Å². The summed E-state index contributed by atoms with van der Waals surface area (Å²) in [5.74, 6) is -0.376. The third-order valence-corrected chi connectivity index (χ3v) is 3.55. The number of carboxylic acid groups (broad SMARTS) is 1. The number of aromatic carboxylic acids is 1. The molecule has 18 heavy (non-hydrogen) atoms. The van der Waals surface area contributed by atoms with E-state index < -0.39 is 11.8 Å².